The number of carbonyl (C=O) groups excluding carboxylic acids is 1. The number of amides is 1. The van der Waals surface area contributed by atoms with Gasteiger partial charge >= 0.3 is 0 Å². The number of nitrogens with one attached hydrogen (secondary N) is 1. The number of nitrogens with zero attached hydrogens (tertiary/aromatic N) is 2. The van der Waals surface area contributed by atoms with Crippen molar-refractivity contribution in [3.63, 3.8) is 0 Å². The standard InChI is InChI=1S/C14H17N3O/c1-9-6-5-7-10-11(14(18)15-2)8-12(17(3)4)16-13(9)10/h5-8H,1-4H3,(H,15,18). The molecule has 94 valence electrons. The SMILES string of the molecule is CNC(=O)c1cc(N(C)C)nc2c(C)cccc12. The van der Waals surface area contributed by atoms with E-state index in [9.17, 15) is 4.79 Å². The molecule has 0 saturated heterocycles. The monoisotopic (exact) mass is 243 g/mol. The van der Waals surface area contributed by atoms with Crippen LogP contribution in [0.4, 0.5) is 5.82 Å². The van der Waals surface area contributed by atoms with Gasteiger partial charge in [-0.05, 0) is 18.6 Å². The predicted octanol–water partition coefficient (Wildman–Crippen LogP) is 1.97. The molecule has 0 saturated carbocycles. The fourth-order valence-corrected chi connectivity index (χ4v) is 1.93. The maximum atomic E-state index is 12.0. The molecule has 0 spiro atoms. The molecule has 1 amide bonds. The fraction of sp³-hybridized carbons (Fsp3) is 0.286. The lowest BCUT2D eigenvalue weighted by Crippen LogP contribution is -2.20. The van der Waals surface area contributed by atoms with Crippen LogP contribution in [-0.2, 0) is 0 Å². The summed E-state index contributed by atoms with van der Waals surface area (Å²) in [5.74, 6) is 0.700. The van der Waals surface area contributed by atoms with E-state index in [0.29, 0.717) is 5.56 Å². The Kier molecular flexibility index (Phi) is 3.19. The van der Waals surface area contributed by atoms with E-state index in [0.717, 1.165) is 22.3 Å². The molecule has 0 radical (unpaired) electrons. The van der Waals surface area contributed by atoms with Crippen LogP contribution in [0.1, 0.15) is 15.9 Å². The van der Waals surface area contributed by atoms with E-state index in [4.69, 9.17) is 0 Å². The van der Waals surface area contributed by atoms with Crippen LogP contribution in [0.3, 0.4) is 0 Å². The molecule has 1 aromatic carbocycles. The predicted molar refractivity (Wildman–Crippen MR) is 74.2 cm³/mol. The summed E-state index contributed by atoms with van der Waals surface area (Å²) in [6.45, 7) is 2.00. The van der Waals surface area contributed by atoms with Crippen LogP contribution in [0.15, 0.2) is 24.3 Å². The zero-order valence-corrected chi connectivity index (χ0v) is 11.1. The van der Waals surface area contributed by atoms with Gasteiger partial charge in [0.05, 0.1) is 11.1 Å². The van der Waals surface area contributed by atoms with E-state index in [1.54, 1.807) is 7.05 Å². The Hall–Kier alpha value is -2.10. The highest BCUT2D eigenvalue weighted by Crippen LogP contribution is 2.24. The molecule has 1 N–H and O–H groups in total. The molecule has 1 aromatic heterocycles. The highest BCUT2D eigenvalue weighted by Gasteiger charge is 2.13. The number of anilines is 1. The molecular weight excluding hydrogens is 226 g/mol. The lowest BCUT2D eigenvalue weighted by atomic mass is 10.0. The van der Waals surface area contributed by atoms with Crippen LogP contribution < -0.4 is 10.2 Å². The zero-order valence-electron chi connectivity index (χ0n) is 11.1. The minimum absolute atomic E-state index is 0.0869. The first-order valence-electron chi connectivity index (χ1n) is 5.84. The van der Waals surface area contributed by atoms with Crippen molar-refractivity contribution in [3.05, 3.63) is 35.4 Å². The normalized spacial score (nSPS) is 10.4. The number of rotatable bonds is 2. The Morgan fingerprint density at radius 1 is 1.33 bits per heavy atom. The van der Waals surface area contributed by atoms with Crippen molar-refractivity contribution in [1.82, 2.24) is 10.3 Å². The molecule has 4 heteroatoms. The smallest absolute Gasteiger partial charge is 0.251 e. The molecule has 1 heterocycles. The molecule has 0 unspecified atom stereocenters. The first-order valence-corrected chi connectivity index (χ1v) is 5.84. The molecule has 0 aliphatic rings. The molecule has 18 heavy (non-hydrogen) atoms. The summed E-state index contributed by atoms with van der Waals surface area (Å²) in [4.78, 5) is 18.5. The van der Waals surface area contributed by atoms with E-state index < -0.39 is 0 Å². The average molecular weight is 243 g/mol. The molecule has 0 aliphatic heterocycles. The Morgan fingerprint density at radius 2 is 2.06 bits per heavy atom. The zero-order chi connectivity index (χ0) is 13.3. The number of benzene rings is 1. The first kappa shape index (κ1) is 12.4. The number of aromatic nitrogens is 1. The van der Waals surface area contributed by atoms with E-state index in [1.165, 1.54) is 0 Å². The van der Waals surface area contributed by atoms with E-state index >= 15 is 0 Å². The highest BCUT2D eigenvalue weighted by molar-refractivity contribution is 6.07. The molecule has 2 rings (SSSR count). The molecular formula is C14H17N3O. The van der Waals surface area contributed by atoms with Gasteiger partial charge in [0.15, 0.2) is 0 Å². The third kappa shape index (κ3) is 2.01. The molecule has 0 bridgehead atoms. The molecule has 4 nitrogen and oxygen atoms in total. The van der Waals surface area contributed by atoms with Crippen LogP contribution in [0.25, 0.3) is 10.9 Å². The summed E-state index contributed by atoms with van der Waals surface area (Å²) in [6, 6.07) is 7.70. The first-order chi connectivity index (χ1) is 8.54. The quantitative estimate of drug-likeness (QED) is 0.877. The van der Waals surface area contributed by atoms with Crippen molar-refractivity contribution in [2.75, 3.05) is 26.0 Å². The number of hydrogen-bond donors (Lipinski definition) is 1. The lowest BCUT2D eigenvalue weighted by Gasteiger charge is -2.15. The second-order valence-corrected chi connectivity index (χ2v) is 4.47. The van der Waals surface area contributed by atoms with Crippen LogP contribution in [0.5, 0.6) is 0 Å². The number of para-hydroxylation sites is 1. The second-order valence-electron chi connectivity index (χ2n) is 4.47. The minimum Gasteiger partial charge on any atom is -0.363 e. The van der Waals surface area contributed by atoms with Crippen molar-refractivity contribution in [2.45, 2.75) is 6.92 Å². The van der Waals surface area contributed by atoms with Gasteiger partial charge in [-0.2, -0.15) is 0 Å². The van der Waals surface area contributed by atoms with Gasteiger partial charge in [0, 0.05) is 26.5 Å². The number of aryl methyl sites for hydroxylation is 1. The van der Waals surface area contributed by atoms with Gasteiger partial charge < -0.3 is 10.2 Å². The van der Waals surface area contributed by atoms with Gasteiger partial charge in [-0.1, -0.05) is 18.2 Å². The van der Waals surface area contributed by atoms with E-state index in [-0.39, 0.29) is 5.91 Å². The number of hydrogen-bond acceptors (Lipinski definition) is 3. The highest BCUT2D eigenvalue weighted by atomic mass is 16.1. The topological polar surface area (TPSA) is 45.2 Å². The van der Waals surface area contributed by atoms with Crippen molar-refractivity contribution in [1.29, 1.82) is 0 Å². The Balaban J connectivity index is 2.81. The number of carbonyl (C=O) groups is 1. The average Bonchev–Trinajstić information content (AvgIpc) is 2.37. The Labute approximate surface area is 107 Å². The largest absolute Gasteiger partial charge is 0.363 e. The van der Waals surface area contributed by atoms with Gasteiger partial charge in [-0.3, -0.25) is 4.79 Å². The third-order valence-electron chi connectivity index (χ3n) is 2.96. The van der Waals surface area contributed by atoms with Crippen molar-refractivity contribution in [2.24, 2.45) is 0 Å². The van der Waals surface area contributed by atoms with Crippen LogP contribution in [0.2, 0.25) is 0 Å². The number of fused-ring (bicyclic) bond motifs is 1. The van der Waals surface area contributed by atoms with Crippen LogP contribution in [-0.4, -0.2) is 32.0 Å². The Morgan fingerprint density at radius 3 is 2.67 bits per heavy atom. The molecule has 0 aliphatic carbocycles. The van der Waals surface area contributed by atoms with Crippen molar-refractivity contribution >= 4 is 22.6 Å². The molecule has 2 aromatic rings. The fourth-order valence-electron chi connectivity index (χ4n) is 1.93. The van der Waals surface area contributed by atoms with E-state index in [1.807, 2.05) is 50.2 Å². The van der Waals surface area contributed by atoms with Gasteiger partial charge in [0.2, 0.25) is 0 Å². The van der Waals surface area contributed by atoms with E-state index in [2.05, 4.69) is 10.3 Å². The van der Waals surface area contributed by atoms with Gasteiger partial charge in [0.25, 0.3) is 5.91 Å². The summed E-state index contributed by atoms with van der Waals surface area (Å²) in [5, 5.41) is 3.56. The summed E-state index contributed by atoms with van der Waals surface area (Å²) < 4.78 is 0. The maximum Gasteiger partial charge on any atom is 0.251 e. The second kappa shape index (κ2) is 4.64. The molecule has 0 fully saturated rings. The van der Waals surface area contributed by atoms with Crippen molar-refractivity contribution < 1.29 is 4.79 Å². The number of pyridine rings is 1. The molecule has 0 atom stereocenters. The summed E-state index contributed by atoms with van der Waals surface area (Å²) in [5.41, 5.74) is 2.61. The summed E-state index contributed by atoms with van der Waals surface area (Å²) in [7, 11) is 5.47. The van der Waals surface area contributed by atoms with Crippen LogP contribution >= 0.6 is 0 Å². The maximum absolute atomic E-state index is 12.0. The lowest BCUT2D eigenvalue weighted by molar-refractivity contribution is 0.0964. The minimum atomic E-state index is -0.0869. The van der Waals surface area contributed by atoms with Crippen LogP contribution in [0, 0.1) is 6.92 Å². The van der Waals surface area contributed by atoms with Gasteiger partial charge in [-0.15, -0.1) is 0 Å². The van der Waals surface area contributed by atoms with Crippen molar-refractivity contribution in [3.8, 4) is 0 Å². The third-order valence-corrected chi connectivity index (χ3v) is 2.96. The summed E-state index contributed by atoms with van der Waals surface area (Å²) >= 11 is 0. The van der Waals surface area contributed by atoms with Gasteiger partial charge in [0.1, 0.15) is 5.82 Å². The Bertz CT molecular complexity index is 605. The van der Waals surface area contributed by atoms with Gasteiger partial charge in [-0.25, -0.2) is 4.98 Å². The summed E-state index contributed by atoms with van der Waals surface area (Å²) in [6.07, 6.45) is 0.